The van der Waals surface area contributed by atoms with Gasteiger partial charge in [-0.25, -0.2) is 17.5 Å². The third-order valence-electron chi connectivity index (χ3n) is 2.36. The van der Waals surface area contributed by atoms with Gasteiger partial charge in [0.25, 0.3) is 5.91 Å². The largest absolute Gasteiger partial charge is 0.479 e. The molecule has 0 fully saturated rings. The van der Waals surface area contributed by atoms with Crippen molar-refractivity contribution in [2.45, 2.75) is 13.0 Å². The van der Waals surface area contributed by atoms with Crippen LogP contribution in [-0.4, -0.2) is 39.8 Å². The lowest BCUT2D eigenvalue weighted by molar-refractivity contribution is -0.127. The van der Waals surface area contributed by atoms with Crippen LogP contribution in [-0.2, 0) is 14.8 Å². The van der Waals surface area contributed by atoms with Crippen LogP contribution in [0.3, 0.4) is 0 Å². The van der Waals surface area contributed by atoms with Crippen molar-refractivity contribution in [2.75, 3.05) is 19.3 Å². The monoisotopic (exact) mass is 338 g/mol. The molecule has 0 aromatic heterocycles. The van der Waals surface area contributed by atoms with Crippen LogP contribution in [0.1, 0.15) is 6.92 Å². The molecule has 0 saturated carbocycles. The average molecular weight is 339 g/mol. The summed E-state index contributed by atoms with van der Waals surface area (Å²) in [5, 5.41) is 2.56. The number of amides is 1. The molecule has 0 aliphatic heterocycles. The highest BCUT2D eigenvalue weighted by atomic mass is 35.5. The SMILES string of the molecule is C[C@H](Oc1ccc(F)cc1Cl)C(=O)NCCNS(C)(=O)=O. The summed E-state index contributed by atoms with van der Waals surface area (Å²) >= 11 is 5.78. The van der Waals surface area contributed by atoms with Gasteiger partial charge in [-0.3, -0.25) is 4.79 Å². The summed E-state index contributed by atoms with van der Waals surface area (Å²) in [5.41, 5.74) is 0. The van der Waals surface area contributed by atoms with E-state index in [4.69, 9.17) is 16.3 Å². The van der Waals surface area contributed by atoms with Crippen molar-refractivity contribution in [3.05, 3.63) is 29.0 Å². The molecule has 21 heavy (non-hydrogen) atoms. The summed E-state index contributed by atoms with van der Waals surface area (Å²) in [7, 11) is -3.29. The summed E-state index contributed by atoms with van der Waals surface area (Å²) in [6.45, 7) is 1.70. The smallest absolute Gasteiger partial charge is 0.260 e. The van der Waals surface area contributed by atoms with Gasteiger partial charge in [0.05, 0.1) is 11.3 Å². The molecule has 1 aromatic carbocycles. The highest BCUT2D eigenvalue weighted by Crippen LogP contribution is 2.25. The lowest BCUT2D eigenvalue weighted by Gasteiger charge is -2.15. The first-order valence-electron chi connectivity index (χ1n) is 6.03. The number of hydrogen-bond donors (Lipinski definition) is 2. The summed E-state index contributed by atoms with van der Waals surface area (Å²) in [6, 6.07) is 3.58. The van der Waals surface area contributed by atoms with Crippen molar-refractivity contribution < 1.29 is 22.3 Å². The molecule has 2 N–H and O–H groups in total. The number of halogens is 2. The highest BCUT2D eigenvalue weighted by Gasteiger charge is 2.16. The fraction of sp³-hybridized carbons (Fsp3) is 0.417. The number of nitrogens with one attached hydrogen (secondary N) is 2. The molecule has 6 nitrogen and oxygen atoms in total. The van der Waals surface area contributed by atoms with Gasteiger partial charge < -0.3 is 10.1 Å². The van der Waals surface area contributed by atoms with Gasteiger partial charge in [0, 0.05) is 13.1 Å². The Kier molecular flexibility index (Phi) is 6.38. The zero-order valence-electron chi connectivity index (χ0n) is 11.5. The summed E-state index contributed by atoms with van der Waals surface area (Å²) in [5.74, 6) is -0.753. The van der Waals surface area contributed by atoms with E-state index in [1.165, 1.54) is 19.1 Å². The third-order valence-corrected chi connectivity index (χ3v) is 3.38. The quantitative estimate of drug-likeness (QED) is 0.724. The molecule has 1 atom stereocenters. The minimum Gasteiger partial charge on any atom is -0.479 e. The highest BCUT2D eigenvalue weighted by molar-refractivity contribution is 7.88. The topological polar surface area (TPSA) is 84.5 Å². The van der Waals surface area contributed by atoms with Crippen LogP contribution in [0.5, 0.6) is 5.75 Å². The van der Waals surface area contributed by atoms with Crippen LogP contribution >= 0.6 is 11.6 Å². The van der Waals surface area contributed by atoms with Crippen LogP contribution in [0.25, 0.3) is 0 Å². The second kappa shape index (κ2) is 7.58. The standard InChI is InChI=1S/C12H16ClFN2O4S/c1-8(12(17)15-5-6-16-21(2,18)19)20-11-4-3-9(14)7-10(11)13/h3-4,7-8,16H,5-6H2,1-2H3,(H,15,17)/t8-/m0/s1. The van der Waals surface area contributed by atoms with E-state index in [1.54, 1.807) is 0 Å². The zero-order chi connectivity index (χ0) is 16.0. The van der Waals surface area contributed by atoms with Crippen LogP contribution in [0.15, 0.2) is 18.2 Å². The lowest BCUT2D eigenvalue weighted by atomic mass is 10.3. The molecular weight excluding hydrogens is 323 g/mol. The van der Waals surface area contributed by atoms with E-state index in [1.807, 2.05) is 0 Å². The van der Waals surface area contributed by atoms with Crippen molar-refractivity contribution in [3.63, 3.8) is 0 Å². The first-order valence-corrected chi connectivity index (χ1v) is 8.30. The maximum Gasteiger partial charge on any atom is 0.260 e. The Labute approximate surface area is 127 Å². The van der Waals surface area contributed by atoms with Crippen LogP contribution in [0.4, 0.5) is 4.39 Å². The first-order chi connectivity index (χ1) is 9.69. The van der Waals surface area contributed by atoms with E-state index in [2.05, 4.69) is 10.0 Å². The van der Waals surface area contributed by atoms with Crippen LogP contribution < -0.4 is 14.8 Å². The molecule has 0 heterocycles. The van der Waals surface area contributed by atoms with E-state index in [-0.39, 0.29) is 23.9 Å². The molecule has 0 radical (unpaired) electrons. The zero-order valence-corrected chi connectivity index (χ0v) is 13.1. The van der Waals surface area contributed by atoms with E-state index < -0.39 is 27.9 Å². The number of benzene rings is 1. The number of ether oxygens (including phenoxy) is 1. The molecule has 0 aliphatic carbocycles. The molecular formula is C12H16ClFN2O4S. The Morgan fingerprint density at radius 2 is 2.10 bits per heavy atom. The molecule has 0 spiro atoms. The van der Waals surface area contributed by atoms with Gasteiger partial charge in [0.15, 0.2) is 6.10 Å². The van der Waals surface area contributed by atoms with Gasteiger partial charge in [-0.15, -0.1) is 0 Å². The van der Waals surface area contributed by atoms with Gasteiger partial charge in [-0.05, 0) is 25.1 Å². The maximum absolute atomic E-state index is 12.9. The average Bonchev–Trinajstić information content (AvgIpc) is 2.36. The molecule has 0 unspecified atom stereocenters. The second-order valence-electron chi connectivity index (χ2n) is 4.29. The van der Waals surface area contributed by atoms with Crippen molar-refractivity contribution in [1.29, 1.82) is 0 Å². The Morgan fingerprint density at radius 1 is 1.43 bits per heavy atom. The van der Waals surface area contributed by atoms with Crippen molar-refractivity contribution >= 4 is 27.5 Å². The van der Waals surface area contributed by atoms with Gasteiger partial charge in [-0.1, -0.05) is 11.6 Å². The predicted octanol–water partition coefficient (Wildman–Crippen LogP) is 0.912. The number of rotatable bonds is 7. The summed E-state index contributed by atoms with van der Waals surface area (Å²) in [4.78, 5) is 11.7. The van der Waals surface area contributed by atoms with Crippen LogP contribution in [0, 0.1) is 5.82 Å². The Morgan fingerprint density at radius 3 is 2.67 bits per heavy atom. The van der Waals surface area contributed by atoms with Gasteiger partial charge in [-0.2, -0.15) is 0 Å². The van der Waals surface area contributed by atoms with Crippen LogP contribution in [0.2, 0.25) is 5.02 Å². The Bertz CT molecular complexity index is 609. The summed E-state index contributed by atoms with van der Waals surface area (Å²) < 4.78 is 42.1. The van der Waals surface area contributed by atoms with Crippen molar-refractivity contribution in [3.8, 4) is 5.75 Å². The number of carbonyl (C=O) groups is 1. The second-order valence-corrected chi connectivity index (χ2v) is 6.53. The normalized spacial score (nSPS) is 12.8. The Hall–Kier alpha value is -1.38. The minimum atomic E-state index is -3.29. The molecule has 1 amide bonds. The molecule has 1 aromatic rings. The Balaban J connectivity index is 2.44. The van der Waals surface area contributed by atoms with E-state index in [0.717, 1.165) is 12.3 Å². The molecule has 0 saturated heterocycles. The number of hydrogen-bond acceptors (Lipinski definition) is 4. The van der Waals surface area contributed by atoms with E-state index >= 15 is 0 Å². The molecule has 0 aliphatic rings. The van der Waals surface area contributed by atoms with Crippen molar-refractivity contribution in [1.82, 2.24) is 10.0 Å². The van der Waals surface area contributed by atoms with Crippen molar-refractivity contribution in [2.24, 2.45) is 0 Å². The molecule has 1 rings (SSSR count). The number of carbonyl (C=O) groups excluding carboxylic acids is 1. The fourth-order valence-corrected chi connectivity index (χ4v) is 2.07. The number of sulfonamides is 1. The third kappa shape index (κ3) is 6.74. The predicted molar refractivity (Wildman–Crippen MR) is 77.4 cm³/mol. The molecule has 9 heteroatoms. The van der Waals surface area contributed by atoms with Gasteiger partial charge in [0.1, 0.15) is 11.6 Å². The van der Waals surface area contributed by atoms with E-state index in [0.29, 0.717) is 0 Å². The molecule has 0 bridgehead atoms. The minimum absolute atomic E-state index is 0.0633. The van der Waals surface area contributed by atoms with E-state index in [9.17, 15) is 17.6 Å². The lowest BCUT2D eigenvalue weighted by Crippen LogP contribution is -2.40. The first kappa shape index (κ1) is 17.7. The van der Waals surface area contributed by atoms with Gasteiger partial charge in [0.2, 0.25) is 10.0 Å². The summed E-state index contributed by atoms with van der Waals surface area (Å²) in [6.07, 6.45) is 0.170. The maximum atomic E-state index is 12.9. The molecule has 118 valence electrons. The van der Waals surface area contributed by atoms with Gasteiger partial charge >= 0.3 is 0 Å². The fourth-order valence-electron chi connectivity index (χ4n) is 1.38.